The summed E-state index contributed by atoms with van der Waals surface area (Å²) < 4.78 is 5.35. The van der Waals surface area contributed by atoms with Crippen molar-refractivity contribution in [1.82, 2.24) is 5.43 Å². The molecule has 128 valence electrons. The molecule has 0 fully saturated rings. The van der Waals surface area contributed by atoms with Crippen LogP contribution in [0.4, 0.5) is 5.69 Å². The second-order valence-corrected chi connectivity index (χ2v) is 5.86. The Labute approximate surface area is 150 Å². The molecule has 0 bridgehead atoms. The fraction of sp³-hybridized carbons (Fsp3) is 0.167. The molecule has 25 heavy (non-hydrogen) atoms. The summed E-state index contributed by atoms with van der Waals surface area (Å²) in [5.74, 6) is -0.109. The van der Waals surface area contributed by atoms with Gasteiger partial charge in [-0.2, -0.15) is 5.10 Å². The van der Waals surface area contributed by atoms with Crippen molar-refractivity contribution in [3.63, 3.8) is 0 Å². The van der Waals surface area contributed by atoms with Gasteiger partial charge < -0.3 is 4.74 Å². The number of ether oxygens (including phenoxy) is 1. The number of carbonyl (C=O) groups excluding carboxylic acids is 2. The standard InChI is InChI=1S/C18H16ClN3O3/c1-12(13-6-2-3-7-14(13)19)20-21-17(23)10-22-15-8-4-5-9-16(15)25-11-18(22)24/h2-9H,10-11H2,1H3,(H,21,23)/b20-12-. The van der Waals surface area contributed by atoms with Crippen LogP contribution in [0.15, 0.2) is 53.6 Å². The highest BCUT2D eigenvalue weighted by atomic mass is 35.5. The highest BCUT2D eigenvalue weighted by molar-refractivity contribution is 6.34. The number of rotatable bonds is 4. The topological polar surface area (TPSA) is 71.0 Å². The molecule has 2 amide bonds. The normalized spacial score (nSPS) is 13.9. The summed E-state index contributed by atoms with van der Waals surface area (Å²) in [5, 5.41) is 4.62. The van der Waals surface area contributed by atoms with Crippen LogP contribution in [0.1, 0.15) is 12.5 Å². The van der Waals surface area contributed by atoms with Gasteiger partial charge in [0, 0.05) is 10.6 Å². The molecule has 6 nitrogen and oxygen atoms in total. The predicted molar refractivity (Wildman–Crippen MR) is 96.1 cm³/mol. The Balaban J connectivity index is 1.70. The van der Waals surface area contributed by atoms with Crippen LogP contribution in [0.25, 0.3) is 0 Å². The van der Waals surface area contributed by atoms with E-state index in [1.54, 1.807) is 31.2 Å². The number of halogens is 1. The molecule has 1 aliphatic rings. The number of hydrogen-bond donors (Lipinski definition) is 1. The van der Waals surface area contributed by atoms with Gasteiger partial charge in [0.2, 0.25) is 0 Å². The van der Waals surface area contributed by atoms with E-state index in [1.165, 1.54) is 4.90 Å². The molecule has 0 saturated heterocycles. The number of anilines is 1. The zero-order chi connectivity index (χ0) is 17.8. The SMILES string of the molecule is C/C(=N/NC(=O)CN1C(=O)COc2ccccc21)c1ccccc1Cl. The molecule has 0 atom stereocenters. The summed E-state index contributed by atoms with van der Waals surface area (Å²) in [6.45, 7) is 1.52. The van der Waals surface area contributed by atoms with Crippen LogP contribution in [-0.4, -0.2) is 30.7 Å². The smallest absolute Gasteiger partial charge is 0.265 e. The summed E-state index contributed by atoms with van der Waals surface area (Å²) in [6, 6.07) is 14.3. The Hall–Kier alpha value is -2.86. The summed E-state index contributed by atoms with van der Waals surface area (Å²) in [4.78, 5) is 25.6. The Kier molecular flexibility index (Phi) is 5.00. The molecule has 1 aliphatic heterocycles. The van der Waals surface area contributed by atoms with E-state index in [4.69, 9.17) is 16.3 Å². The van der Waals surface area contributed by atoms with Crippen molar-refractivity contribution in [1.29, 1.82) is 0 Å². The van der Waals surface area contributed by atoms with Gasteiger partial charge in [-0.1, -0.05) is 41.9 Å². The van der Waals surface area contributed by atoms with E-state index >= 15 is 0 Å². The van der Waals surface area contributed by atoms with Crippen LogP contribution < -0.4 is 15.1 Å². The zero-order valence-electron chi connectivity index (χ0n) is 13.5. The predicted octanol–water partition coefficient (Wildman–Crippen LogP) is 2.61. The summed E-state index contributed by atoms with van der Waals surface area (Å²) in [6.07, 6.45) is 0. The van der Waals surface area contributed by atoms with E-state index in [-0.39, 0.29) is 19.1 Å². The van der Waals surface area contributed by atoms with Crippen molar-refractivity contribution in [2.75, 3.05) is 18.1 Å². The Morgan fingerprint density at radius 2 is 1.96 bits per heavy atom. The number of carbonyl (C=O) groups is 2. The van der Waals surface area contributed by atoms with Gasteiger partial charge in [-0.05, 0) is 25.1 Å². The molecule has 0 saturated carbocycles. The molecule has 1 heterocycles. The minimum atomic E-state index is -0.406. The fourth-order valence-corrected chi connectivity index (χ4v) is 2.74. The fourth-order valence-electron chi connectivity index (χ4n) is 2.47. The van der Waals surface area contributed by atoms with Crippen LogP contribution in [0.2, 0.25) is 5.02 Å². The van der Waals surface area contributed by atoms with Gasteiger partial charge in [-0.15, -0.1) is 0 Å². The van der Waals surface area contributed by atoms with Crippen LogP contribution >= 0.6 is 11.6 Å². The lowest BCUT2D eigenvalue weighted by atomic mass is 10.1. The lowest BCUT2D eigenvalue weighted by Gasteiger charge is -2.28. The second kappa shape index (κ2) is 7.36. The Bertz CT molecular complexity index is 851. The minimum Gasteiger partial charge on any atom is -0.482 e. The molecule has 0 aliphatic carbocycles. The monoisotopic (exact) mass is 357 g/mol. The first kappa shape index (κ1) is 17.0. The maximum atomic E-state index is 12.2. The Morgan fingerprint density at radius 3 is 2.76 bits per heavy atom. The quantitative estimate of drug-likeness (QED) is 0.675. The van der Waals surface area contributed by atoms with Gasteiger partial charge in [0.25, 0.3) is 11.8 Å². The van der Waals surface area contributed by atoms with Crippen LogP contribution in [0, 0.1) is 0 Å². The van der Waals surface area contributed by atoms with Gasteiger partial charge in [0.15, 0.2) is 6.61 Å². The average Bonchev–Trinajstić information content (AvgIpc) is 2.62. The zero-order valence-corrected chi connectivity index (χ0v) is 14.3. The van der Waals surface area contributed by atoms with E-state index in [0.29, 0.717) is 22.2 Å². The number of fused-ring (bicyclic) bond motifs is 1. The van der Waals surface area contributed by atoms with Gasteiger partial charge in [-0.25, -0.2) is 5.43 Å². The second-order valence-electron chi connectivity index (χ2n) is 5.45. The third-order valence-corrected chi connectivity index (χ3v) is 4.05. The van der Waals surface area contributed by atoms with E-state index in [2.05, 4.69) is 10.5 Å². The number of amides is 2. The molecule has 1 N–H and O–H groups in total. The average molecular weight is 358 g/mol. The third kappa shape index (κ3) is 3.80. The van der Waals surface area contributed by atoms with E-state index in [1.807, 2.05) is 24.3 Å². The molecule has 0 aromatic heterocycles. The highest BCUT2D eigenvalue weighted by Gasteiger charge is 2.26. The number of nitrogens with zero attached hydrogens (tertiary/aromatic N) is 2. The van der Waals surface area contributed by atoms with Crippen LogP contribution in [-0.2, 0) is 9.59 Å². The van der Waals surface area contributed by atoms with Crippen molar-refractivity contribution >= 4 is 34.8 Å². The number of hydrogen-bond acceptors (Lipinski definition) is 4. The van der Waals surface area contributed by atoms with Crippen LogP contribution in [0.5, 0.6) is 5.75 Å². The van der Waals surface area contributed by atoms with Crippen molar-refractivity contribution < 1.29 is 14.3 Å². The molecule has 0 unspecified atom stereocenters. The van der Waals surface area contributed by atoms with Crippen molar-refractivity contribution in [2.45, 2.75) is 6.92 Å². The highest BCUT2D eigenvalue weighted by Crippen LogP contribution is 2.31. The molecular weight excluding hydrogens is 342 g/mol. The van der Waals surface area contributed by atoms with E-state index in [9.17, 15) is 9.59 Å². The van der Waals surface area contributed by atoms with E-state index in [0.717, 1.165) is 5.56 Å². The molecule has 0 spiro atoms. The molecular formula is C18H16ClN3O3. The van der Waals surface area contributed by atoms with Gasteiger partial charge in [0.1, 0.15) is 12.3 Å². The summed E-state index contributed by atoms with van der Waals surface area (Å²) in [5.41, 5.74) is 4.34. The summed E-state index contributed by atoms with van der Waals surface area (Å²) >= 11 is 6.11. The van der Waals surface area contributed by atoms with Crippen LogP contribution in [0.3, 0.4) is 0 Å². The summed E-state index contributed by atoms with van der Waals surface area (Å²) in [7, 11) is 0. The lowest BCUT2D eigenvalue weighted by Crippen LogP contribution is -2.44. The molecule has 7 heteroatoms. The number of benzene rings is 2. The van der Waals surface area contributed by atoms with Gasteiger partial charge in [-0.3, -0.25) is 14.5 Å². The number of hydrazone groups is 1. The van der Waals surface area contributed by atoms with Crippen molar-refractivity contribution in [3.8, 4) is 5.75 Å². The first-order valence-corrected chi connectivity index (χ1v) is 8.04. The number of nitrogens with one attached hydrogen (secondary N) is 1. The lowest BCUT2D eigenvalue weighted by molar-refractivity contribution is -0.125. The molecule has 2 aromatic rings. The third-order valence-electron chi connectivity index (χ3n) is 3.72. The first-order chi connectivity index (χ1) is 12.1. The first-order valence-electron chi connectivity index (χ1n) is 7.66. The maximum Gasteiger partial charge on any atom is 0.265 e. The Morgan fingerprint density at radius 1 is 1.24 bits per heavy atom. The largest absolute Gasteiger partial charge is 0.482 e. The maximum absolute atomic E-state index is 12.2. The molecule has 2 aromatic carbocycles. The van der Waals surface area contributed by atoms with Crippen molar-refractivity contribution in [2.24, 2.45) is 5.10 Å². The molecule has 0 radical (unpaired) electrons. The van der Waals surface area contributed by atoms with E-state index < -0.39 is 5.91 Å². The molecule has 3 rings (SSSR count). The van der Waals surface area contributed by atoms with Gasteiger partial charge >= 0.3 is 0 Å². The van der Waals surface area contributed by atoms with Crippen molar-refractivity contribution in [3.05, 3.63) is 59.1 Å². The minimum absolute atomic E-state index is 0.0911. The number of para-hydroxylation sites is 2. The van der Waals surface area contributed by atoms with Gasteiger partial charge in [0.05, 0.1) is 11.4 Å².